The molecule has 0 aromatic heterocycles. The second-order valence-electron chi connectivity index (χ2n) is 1.74. The number of phenols is 1. The predicted octanol–water partition coefficient (Wildman–Crippen LogP) is -2.13. The van der Waals surface area contributed by atoms with Crippen LogP contribution in [0.5, 0.6) is 11.5 Å². The van der Waals surface area contributed by atoms with E-state index < -0.39 is 0 Å². The first-order valence-electron chi connectivity index (χ1n) is 2.57. The molecule has 1 rings (SSSR count). The summed E-state index contributed by atoms with van der Waals surface area (Å²) in [6.07, 6.45) is 0. The van der Waals surface area contributed by atoms with Gasteiger partial charge in [-0.2, -0.15) is 0 Å². The van der Waals surface area contributed by atoms with E-state index in [0.29, 0.717) is 0 Å². The van der Waals surface area contributed by atoms with Gasteiger partial charge in [-0.3, -0.25) is 0 Å². The summed E-state index contributed by atoms with van der Waals surface area (Å²) in [5, 5.41) is 21.7. The monoisotopic (exact) mass is 161 g/mol. The summed E-state index contributed by atoms with van der Waals surface area (Å²) < 4.78 is 0. The van der Waals surface area contributed by atoms with E-state index in [1.165, 1.54) is 6.07 Å². The van der Waals surface area contributed by atoms with Gasteiger partial charge in [-0.1, -0.05) is 6.07 Å². The summed E-state index contributed by atoms with van der Waals surface area (Å²) in [4.78, 5) is 9.83. The molecule has 1 aromatic rings. The van der Waals surface area contributed by atoms with Gasteiger partial charge in [-0.25, -0.2) is 0 Å². The third-order valence-corrected chi connectivity index (χ3v) is 1.05. The van der Waals surface area contributed by atoms with Crippen molar-refractivity contribution in [2.75, 3.05) is 0 Å². The van der Waals surface area contributed by atoms with E-state index >= 15 is 0 Å². The Bertz CT molecular complexity index is 264. The summed E-state index contributed by atoms with van der Waals surface area (Å²) in [7, 11) is 0. The van der Waals surface area contributed by atoms with Gasteiger partial charge in [-0.15, -0.1) is 10.7 Å². The van der Waals surface area contributed by atoms with Crippen molar-refractivity contribution in [3.05, 3.63) is 23.1 Å². The standard InChI is InChI=1S/C6H5NO3.Na/c8-4-1-2-5(7-10)6(9)3-4;/h1-3,8-9H;/q;+1/p-1. The van der Waals surface area contributed by atoms with Crippen molar-refractivity contribution in [2.24, 2.45) is 5.18 Å². The molecule has 0 aliphatic heterocycles. The van der Waals surface area contributed by atoms with Gasteiger partial charge in [0.1, 0.15) is 11.4 Å². The van der Waals surface area contributed by atoms with Crippen LogP contribution in [0.15, 0.2) is 23.4 Å². The van der Waals surface area contributed by atoms with Crippen LogP contribution in [0.2, 0.25) is 0 Å². The zero-order valence-electron chi connectivity index (χ0n) is 5.94. The Labute approximate surface area is 85.1 Å². The molecule has 52 valence electrons. The average molecular weight is 161 g/mol. The molecule has 1 N–H and O–H groups in total. The fourth-order valence-corrected chi connectivity index (χ4v) is 0.580. The first kappa shape index (κ1) is 10.4. The molecule has 0 unspecified atom stereocenters. The van der Waals surface area contributed by atoms with Crippen LogP contribution >= 0.6 is 0 Å². The normalized spacial score (nSPS) is 8.36. The van der Waals surface area contributed by atoms with Crippen LogP contribution < -0.4 is 34.7 Å². The number of aromatic hydroxyl groups is 1. The maximum Gasteiger partial charge on any atom is 1.00 e. The molecule has 4 nitrogen and oxygen atoms in total. The van der Waals surface area contributed by atoms with Crippen LogP contribution in [0.1, 0.15) is 0 Å². The molecule has 0 spiro atoms. The number of rotatable bonds is 1. The van der Waals surface area contributed by atoms with Gasteiger partial charge in [0.25, 0.3) is 0 Å². The predicted molar refractivity (Wildman–Crippen MR) is 33.0 cm³/mol. The van der Waals surface area contributed by atoms with Crippen molar-refractivity contribution in [1.82, 2.24) is 0 Å². The smallest absolute Gasteiger partial charge is 0.872 e. The Balaban J connectivity index is 0.000001000. The summed E-state index contributed by atoms with van der Waals surface area (Å²) in [6.45, 7) is 0. The molecular weight excluding hydrogens is 157 g/mol. The molecule has 0 atom stereocenters. The quantitative estimate of drug-likeness (QED) is 0.377. The first-order valence-corrected chi connectivity index (χ1v) is 2.57. The number of nitroso groups, excluding NO2 is 1. The number of hydrogen-bond acceptors (Lipinski definition) is 4. The van der Waals surface area contributed by atoms with Crippen LogP contribution in [-0.4, -0.2) is 5.11 Å². The number of hydrogen-bond donors (Lipinski definition) is 1. The van der Waals surface area contributed by atoms with Crippen molar-refractivity contribution < 1.29 is 39.8 Å². The van der Waals surface area contributed by atoms with Crippen molar-refractivity contribution in [2.45, 2.75) is 0 Å². The molecule has 11 heavy (non-hydrogen) atoms. The maximum absolute atomic E-state index is 10.5. The zero-order chi connectivity index (χ0) is 7.56. The summed E-state index contributed by atoms with van der Waals surface area (Å²) in [6, 6.07) is 3.28. The number of nitrogens with zero attached hydrogens (tertiary/aromatic N) is 1. The largest absolute Gasteiger partial charge is 1.00 e. The summed E-state index contributed by atoms with van der Waals surface area (Å²) in [5.74, 6) is -0.715. The Morgan fingerprint density at radius 1 is 1.45 bits per heavy atom. The minimum absolute atomic E-state index is 0. The SMILES string of the molecule is O=Nc1ccc([O-])cc1O.[Na+]. The van der Waals surface area contributed by atoms with Crippen molar-refractivity contribution in [1.29, 1.82) is 0 Å². The van der Waals surface area contributed by atoms with Crippen LogP contribution in [-0.2, 0) is 0 Å². The molecular formula is C6H4NNaO3. The topological polar surface area (TPSA) is 72.7 Å². The van der Waals surface area contributed by atoms with Gasteiger partial charge < -0.3 is 10.2 Å². The second-order valence-corrected chi connectivity index (χ2v) is 1.74. The van der Waals surface area contributed by atoms with Gasteiger partial charge in [0.2, 0.25) is 0 Å². The van der Waals surface area contributed by atoms with E-state index in [1.807, 2.05) is 0 Å². The summed E-state index contributed by atoms with van der Waals surface area (Å²) >= 11 is 0. The fraction of sp³-hybridized carbons (Fsp3) is 0. The molecule has 0 aliphatic rings. The van der Waals surface area contributed by atoms with Crippen molar-refractivity contribution >= 4 is 5.69 Å². The Morgan fingerprint density at radius 2 is 2.09 bits per heavy atom. The molecule has 0 amide bonds. The van der Waals surface area contributed by atoms with Crippen LogP contribution in [0, 0.1) is 4.91 Å². The summed E-state index contributed by atoms with van der Waals surface area (Å²) in [5.41, 5.74) is -0.111. The van der Waals surface area contributed by atoms with Gasteiger partial charge in [0, 0.05) is 0 Å². The molecule has 0 saturated carbocycles. The minimum atomic E-state index is -0.373. The molecule has 0 saturated heterocycles. The third kappa shape index (κ3) is 2.49. The van der Waals surface area contributed by atoms with Gasteiger partial charge >= 0.3 is 29.6 Å². The average Bonchev–Trinajstić information content (AvgIpc) is 1.88. The Kier molecular flexibility index (Phi) is 4.10. The van der Waals surface area contributed by atoms with Gasteiger partial charge in [0.15, 0.2) is 0 Å². The Hall–Kier alpha value is -0.580. The van der Waals surface area contributed by atoms with Gasteiger partial charge in [-0.05, 0) is 17.3 Å². The van der Waals surface area contributed by atoms with E-state index in [1.54, 1.807) is 0 Å². The Morgan fingerprint density at radius 3 is 2.55 bits per heavy atom. The fourth-order valence-electron chi connectivity index (χ4n) is 0.580. The van der Waals surface area contributed by atoms with Crippen LogP contribution in [0.3, 0.4) is 0 Å². The number of benzene rings is 1. The molecule has 1 aromatic carbocycles. The molecule has 0 heterocycles. The van der Waals surface area contributed by atoms with E-state index in [4.69, 9.17) is 5.11 Å². The molecule has 0 aliphatic carbocycles. The van der Waals surface area contributed by atoms with Crippen molar-refractivity contribution in [3.63, 3.8) is 0 Å². The van der Waals surface area contributed by atoms with Crippen molar-refractivity contribution in [3.8, 4) is 11.5 Å². The molecule has 0 bridgehead atoms. The van der Waals surface area contributed by atoms with Crippen LogP contribution in [0.25, 0.3) is 0 Å². The van der Waals surface area contributed by atoms with E-state index in [0.717, 1.165) is 12.1 Å². The van der Waals surface area contributed by atoms with Gasteiger partial charge in [0.05, 0.1) is 0 Å². The number of phenolic OH excluding ortho intramolecular Hbond substituents is 1. The maximum atomic E-state index is 10.5. The zero-order valence-corrected chi connectivity index (χ0v) is 7.94. The van der Waals surface area contributed by atoms with E-state index in [-0.39, 0.29) is 46.7 Å². The van der Waals surface area contributed by atoms with E-state index in [9.17, 15) is 10.0 Å². The van der Waals surface area contributed by atoms with E-state index in [2.05, 4.69) is 5.18 Å². The molecule has 5 heteroatoms. The third-order valence-electron chi connectivity index (χ3n) is 1.05. The minimum Gasteiger partial charge on any atom is -0.872 e. The molecule has 0 radical (unpaired) electrons. The first-order chi connectivity index (χ1) is 4.74. The van der Waals surface area contributed by atoms with Crippen LogP contribution in [0.4, 0.5) is 5.69 Å². The second kappa shape index (κ2) is 4.33. The molecule has 0 fully saturated rings.